The van der Waals surface area contributed by atoms with Gasteiger partial charge in [-0.2, -0.15) is 0 Å². The van der Waals surface area contributed by atoms with Crippen LogP contribution in [0.5, 0.6) is 0 Å². The van der Waals surface area contributed by atoms with Crippen LogP contribution in [-0.2, 0) is 0 Å². The second kappa shape index (κ2) is 9.15. The van der Waals surface area contributed by atoms with E-state index in [1.807, 2.05) is 17.5 Å². The molecular weight excluding hydrogens is 334 g/mol. The normalized spacial score (nSPS) is 18.4. The summed E-state index contributed by atoms with van der Waals surface area (Å²) in [6.45, 7) is 6.72. The average Bonchev–Trinajstić information content (AvgIpc) is 3.28. The average molecular weight is 362 g/mol. The van der Waals surface area contributed by atoms with E-state index in [1.165, 1.54) is 38.9 Å². The molecule has 1 saturated heterocycles. The molecule has 1 aliphatic rings. The monoisotopic (exact) mass is 361 g/mol. The Hall–Kier alpha value is -1.66. The number of carbonyl (C=O) groups is 1. The SMILES string of the molecule is CC1CCCN(CCCCCNC(=O)c2cc(-c3cccs3)on2)C1. The van der Waals surface area contributed by atoms with Crippen molar-refractivity contribution in [3.05, 3.63) is 29.3 Å². The number of aromatic nitrogens is 1. The van der Waals surface area contributed by atoms with Crippen LogP contribution in [-0.4, -0.2) is 42.1 Å². The van der Waals surface area contributed by atoms with Gasteiger partial charge in [-0.3, -0.25) is 4.79 Å². The number of likely N-dealkylation sites (tertiary alicyclic amines) is 1. The molecule has 1 unspecified atom stereocenters. The Labute approximate surface area is 153 Å². The number of rotatable bonds is 8. The molecule has 2 aromatic heterocycles. The van der Waals surface area contributed by atoms with Crippen LogP contribution in [0.3, 0.4) is 0 Å². The van der Waals surface area contributed by atoms with Crippen LogP contribution >= 0.6 is 11.3 Å². The highest BCUT2D eigenvalue weighted by Gasteiger charge is 2.16. The molecule has 0 radical (unpaired) electrons. The molecular formula is C19H27N3O2S. The predicted octanol–water partition coefficient (Wildman–Crippen LogP) is 4.04. The topological polar surface area (TPSA) is 58.4 Å². The number of hydrogen-bond donors (Lipinski definition) is 1. The zero-order valence-electron chi connectivity index (χ0n) is 14.9. The Morgan fingerprint density at radius 2 is 2.36 bits per heavy atom. The van der Waals surface area contributed by atoms with Gasteiger partial charge < -0.3 is 14.7 Å². The molecule has 0 aliphatic carbocycles. The molecule has 136 valence electrons. The summed E-state index contributed by atoms with van der Waals surface area (Å²) < 4.78 is 5.24. The molecule has 0 spiro atoms. The first kappa shape index (κ1) is 18.1. The van der Waals surface area contributed by atoms with Crippen molar-refractivity contribution < 1.29 is 9.32 Å². The van der Waals surface area contributed by atoms with Crippen molar-refractivity contribution in [2.24, 2.45) is 5.92 Å². The first-order chi connectivity index (χ1) is 12.2. The Balaban J connectivity index is 1.30. The fourth-order valence-corrected chi connectivity index (χ4v) is 4.01. The Bertz CT molecular complexity index is 653. The van der Waals surface area contributed by atoms with E-state index in [2.05, 4.69) is 22.3 Å². The molecule has 3 rings (SSSR count). The lowest BCUT2D eigenvalue weighted by molar-refractivity contribution is 0.0943. The fourth-order valence-electron chi connectivity index (χ4n) is 3.34. The number of carbonyl (C=O) groups excluding carboxylic acids is 1. The van der Waals surface area contributed by atoms with Crippen LogP contribution in [0.25, 0.3) is 10.6 Å². The number of hydrogen-bond acceptors (Lipinski definition) is 5. The van der Waals surface area contributed by atoms with Gasteiger partial charge in [0.25, 0.3) is 5.91 Å². The lowest BCUT2D eigenvalue weighted by Crippen LogP contribution is -2.35. The molecule has 3 heterocycles. The van der Waals surface area contributed by atoms with Crippen molar-refractivity contribution in [1.29, 1.82) is 0 Å². The highest BCUT2D eigenvalue weighted by Crippen LogP contribution is 2.25. The predicted molar refractivity (Wildman–Crippen MR) is 101 cm³/mol. The number of amides is 1. The van der Waals surface area contributed by atoms with E-state index < -0.39 is 0 Å². The molecule has 1 N–H and O–H groups in total. The molecule has 1 atom stereocenters. The lowest BCUT2D eigenvalue weighted by Gasteiger charge is -2.30. The number of unbranched alkanes of at least 4 members (excludes halogenated alkanes) is 2. The van der Waals surface area contributed by atoms with Gasteiger partial charge in [0.1, 0.15) is 0 Å². The lowest BCUT2D eigenvalue weighted by atomic mass is 10.00. The Morgan fingerprint density at radius 3 is 3.16 bits per heavy atom. The summed E-state index contributed by atoms with van der Waals surface area (Å²) in [5.41, 5.74) is 0.353. The molecule has 0 aromatic carbocycles. The summed E-state index contributed by atoms with van der Waals surface area (Å²) in [6, 6.07) is 5.61. The maximum absolute atomic E-state index is 12.1. The third-order valence-electron chi connectivity index (χ3n) is 4.68. The standard InChI is InChI=1S/C19H27N3O2S/c1-15-7-5-11-22(14-15)10-4-2-3-9-20-19(23)16-13-17(24-21-16)18-8-6-12-25-18/h6,8,12-13,15H,2-5,7,9-11,14H2,1H3,(H,20,23). The van der Waals surface area contributed by atoms with E-state index in [-0.39, 0.29) is 5.91 Å². The summed E-state index contributed by atoms with van der Waals surface area (Å²) in [5, 5.41) is 8.77. The van der Waals surface area contributed by atoms with Crippen LogP contribution in [0.15, 0.2) is 28.1 Å². The van der Waals surface area contributed by atoms with Crippen LogP contribution in [0.1, 0.15) is 49.5 Å². The van der Waals surface area contributed by atoms with Crippen molar-refractivity contribution in [1.82, 2.24) is 15.4 Å². The van der Waals surface area contributed by atoms with Crippen LogP contribution in [0, 0.1) is 5.92 Å². The highest BCUT2D eigenvalue weighted by molar-refractivity contribution is 7.13. The minimum atomic E-state index is -0.156. The Morgan fingerprint density at radius 1 is 1.44 bits per heavy atom. The van der Waals surface area contributed by atoms with Crippen molar-refractivity contribution in [3.63, 3.8) is 0 Å². The third-order valence-corrected chi connectivity index (χ3v) is 5.57. The van der Waals surface area contributed by atoms with Gasteiger partial charge in [0.2, 0.25) is 0 Å². The minimum Gasteiger partial charge on any atom is -0.355 e. The summed E-state index contributed by atoms with van der Waals surface area (Å²) >= 11 is 1.57. The van der Waals surface area contributed by atoms with Gasteiger partial charge in [-0.1, -0.05) is 24.6 Å². The van der Waals surface area contributed by atoms with Crippen molar-refractivity contribution in [2.45, 2.75) is 39.0 Å². The van der Waals surface area contributed by atoms with E-state index in [0.717, 1.165) is 23.6 Å². The molecule has 25 heavy (non-hydrogen) atoms. The van der Waals surface area contributed by atoms with E-state index in [4.69, 9.17) is 4.52 Å². The van der Waals surface area contributed by atoms with Gasteiger partial charge in [-0.15, -0.1) is 11.3 Å². The van der Waals surface area contributed by atoms with E-state index >= 15 is 0 Å². The number of nitrogens with zero attached hydrogens (tertiary/aromatic N) is 2. The Kier molecular flexibility index (Phi) is 6.64. The molecule has 1 fully saturated rings. The fraction of sp³-hybridized carbons (Fsp3) is 0.579. The largest absolute Gasteiger partial charge is 0.355 e. The molecule has 0 bridgehead atoms. The summed E-state index contributed by atoms with van der Waals surface area (Å²) in [6.07, 6.45) is 6.06. The zero-order valence-corrected chi connectivity index (χ0v) is 15.7. The van der Waals surface area contributed by atoms with Crippen molar-refractivity contribution in [3.8, 4) is 10.6 Å². The van der Waals surface area contributed by atoms with Gasteiger partial charge in [0.15, 0.2) is 11.5 Å². The van der Waals surface area contributed by atoms with Gasteiger partial charge in [-0.05, 0) is 56.1 Å². The third kappa shape index (κ3) is 5.41. The molecule has 1 aliphatic heterocycles. The first-order valence-electron chi connectivity index (χ1n) is 9.23. The highest BCUT2D eigenvalue weighted by atomic mass is 32.1. The molecule has 6 heteroatoms. The number of thiophene rings is 1. The van der Waals surface area contributed by atoms with Crippen molar-refractivity contribution >= 4 is 17.2 Å². The summed E-state index contributed by atoms with van der Waals surface area (Å²) in [7, 11) is 0. The van der Waals surface area contributed by atoms with Crippen LogP contribution < -0.4 is 5.32 Å². The summed E-state index contributed by atoms with van der Waals surface area (Å²) in [5.74, 6) is 1.34. The molecule has 2 aromatic rings. The van der Waals surface area contributed by atoms with Gasteiger partial charge >= 0.3 is 0 Å². The number of piperidine rings is 1. The molecule has 5 nitrogen and oxygen atoms in total. The maximum atomic E-state index is 12.1. The van der Waals surface area contributed by atoms with E-state index in [1.54, 1.807) is 17.4 Å². The van der Waals surface area contributed by atoms with Crippen LogP contribution in [0.2, 0.25) is 0 Å². The van der Waals surface area contributed by atoms with E-state index in [9.17, 15) is 4.79 Å². The quantitative estimate of drug-likeness (QED) is 0.721. The first-order valence-corrected chi connectivity index (χ1v) is 10.1. The van der Waals surface area contributed by atoms with Gasteiger partial charge in [0, 0.05) is 19.2 Å². The van der Waals surface area contributed by atoms with Gasteiger partial charge in [0.05, 0.1) is 4.88 Å². The second-order valence-electron chi connectivity index (χ2n) is 6.92. The minimum absolute atomic E-state index is 0.156. The van der Waals surface area contributed by atoms with E-state index in [0.29, 0.717) is 18.0 Å². The van der Waals surface area contributed by atoms with Gasteiger partial charge in [-0.25, -0.2) is 0 Å². The second-order valence-corrected chi connectivity index (χ2v) is 7.87. The number of nitrogens with one attached hydrogen (secondary N) is 1. The molecule has 0 saturated carbocycles. The maximum Gasteiger partial charge on any atom is 0.273 e. The van der Waals surface area contributed by atoms with Crippen LogP contribution in [0.4, 0.5) is 0 Å². The van der Waals surface area contributed by atoms with Crippen molar-refractivity contribution in [2.75, 3.05) is 26.2 Å². The molecule has 1 amide bonds. The summed E-state index contributed by atoms with van der Waals surface area (Å²) in [4.78, 5) is 15.7. The smallest absolute Gasteiger partial charge is 0.273 e. The zero-order chi connectivity index (χ0) is 17.5.